The van der Waals surface area contributed by atoms with Gasteiger partial charge in [0.2, 0.25) is 5.95 Å². The summed E-state index contributed by atoms with van der Waals surface area (Å²) in [6.07, 6.45) is 1.55. The second-order valence-electron chi connectivity index (χ2n) is 3.61. The fourth-order valence-corrected chi connectivity index (χ4v) is 2.19. The predicted octanol–water partition coefficient (Wildman–Crippen LogP) is 2.16. The van der Waals surface area contributed by atoms with E-state index in [9.17, 15) is 4.21 Å². The van der Waals surface area contributed by atoms with E-state index < -0.39 is 11.0 Å². The summed E-state index contributed by atoms with van der Waals surface area (Å²) in [5.74, 6) is 0.375. The van der Waals surface area contributed by atoms with Gasteiger partial charge in [-0.25, -0.2) is 19.3 Å². The first-order valence-electron chi connectivity index (χ1n) is 5.08. The average Bonchev–Trinajstić information content (AvgIpc) is 2.31. The molecule has 5 nitrogen and oxygen atoms in total. The Labute approximate surface area is 112 Å². The highest BCUT2D eigenvalue weighted by atomic mass is 35.5. The molecule has 3 N–H and O–H groups in total. The quantitative estimate of drug-likeness (QED) is 0.846. The molecule has 1 aromatic carbocycles. The minimum Gasteiger partial charge on any atom is -0.324 e. The summed E-state index contributed by atoms with van der Waals surface area (Å²) < 4.78 is 11.3. The number of aromatic nitrogens is 2. The Morgan fingerprint density at radius 2 is 2.17 bits per heavy atom. The molecule has 0 amide bonds. The van der Waals surface area contributed by atoms with Crippen LogP contribution >= 0.6 is 11.6 Å². The van der Waals surface area contributed by atoms with Crippen LogP contribution in [-0.4, -0.2) is 14.2 Å². The molecule has 2 aromatic rings. The number of rotatable bonds is 3. The SMILES string of the molecule is Cc1ccc(Nc2nccc(Cl)n2)cc1S(N)=O. The van der Waals surface area contributed by atoms with Crippen molar-refractivity contribution in [2.75, 3.05) is 5.32 Å². The molecule has 7 heteroatoms. The molecule has 0 saturated carbocycles. The van der Waals surface area contributed by atoms with Crippen molar-refractivity contribution < 1.29 is 4.21 Å². The maximum absolute atomic E-state index is 11.3. The van der Waals surface area contributed by atoms with Crippen LogP contribution in [0.25, 0.3) is 0 Å². The third-order valence-corrected chi connectivity index (χ3v) is 3.37. The van der Waals surface area contributed by atoms with Crippen molar-refractivity contribution in [2.24, 2.45) is 5.14 Å². The number of nitrogens with zero attached hydrogens (tertiary/aromatic N) is 2. The van der Waals surface area contributed by atoms with Crippen LogP contribution < -0.4 is 10.5 Å². The molecule has 0 bridgehead atoms. The van der Waals surface area contributed by atoms with Crippen LogP contribution in [0, 0.1) is 6.92 Å². The van der Waals surface area contributed by atoms with Gasteiger partial charge in [0, 0.05) is 11.9 Å². The number of anilines is 2. The third-order valence-electron chi connectivity index (χ3n) is 2.28. The van der Waals surface area contributed by atoms with Gasteiger partial charge in [0.25, 0.3) is 0 Å². The normalized spacial score (nSPS) is 12.2. The number of benzene rings is 1. The molecule has 1 unspecified atom stereocenters. The molecule has 1 heterocycles. The van der Waals surface area contributed by atoms with E-state index in [2.05, 4.69) is 15.3 Å². The van der Waals surface area contributed by atoms with Crippen molar-refractivity contribution in [1.82, 2.24) is 9.97 Å². The van der Waals surface area contributed by atoms with E-state index in [4.69, 9.17) is 16.7 Å². The zero-order chi connectivity index (χ0) is 13.1. The van der Waals surface area contributed by atoms with E-state index in [0.29, 0.717) is 21.7 Å². The Hall–Kier alpha value is -1.50. The van der Waals surface area contributed by atoms with Gasteiger partial charge in [-0.3, -0.25) is 0 Å². The van der Waals surface area contributed by atoms with E-state index in [1.807, 2.05) is 19.1 Å². The monoisotopic (exact) mass is 282 g/mol. The lowest BCUT2D eigenvalue weighted by atomic mass is 10.2. The van der Waals surface area contributed by atoms with Crippen LogP contribution in [0.2, 0.25) is 5.15 Å². The second-order valence-corrected chi connectivity index (χ2v) is 5.03. The van der Waals surface area contributed by atoms with Crippen LogP contribution in [0.3, 0.4) is 0 Å². The smallest absolute Gasteiger partial charge is 0.228 e. The van der Waals surface area contributed by atoms with Crippen molar-refractivity contribution in [1.29, 1.82) is 0 Å². The summed E-state index contributed by atoms with van der Waals surface area (Å²) in [7, 11) is -1.52. The van der Waals surface area contributed by atoms with E-state index in [0.717, 1.165) is 5.56 Å². The fraction of sp³-hybridized carbons (Fsp3) is 0.0909. The number of aryl methyl sites for hydroxylation is 1. The molecule has 2 rings (SSSR count). The van der Waals surface area contributed by atoms with Crippen molar-refractivity contribution in [3.05, 3.63) is 41.2 Å². The first-order chi connectivity index (χ1) is 8.56. The third kappa shape index (κ3) is 3.04. The van der Waals surface area contributed by atoms with E-state index in [1.165, 1.54) is 0 Å². The minimum atomic E-state index is -1.52. The number of nitrogens with one attached hydrogen (secondary N) is 1. The first-order valence-corrected chi connectivity index (χ1v) is 6.68. The van der Waals surface area contributed by atoms with Gasteiger partial charge in [0.05, 0.1) is 4.90 Å². The molecule has 0 radical (unpaired) electrons. The number of halogens is 1. The lowest BCUT2D eigenvalue weighted by Crippen LogP contribution is -2.05. The molecule has 94 valence electrons. The topological polar surface area (TPSA) is 80.9 Å². The molecule has 0 spiro atoms. The highest BCUT2D eigenvalue weighted by Gasteiger charge is 2.05. The predicted molar refractivity (Wildman–Crippen MR) is 72.1 cm³/mol. The fourth-order valence-electron chi connectivity index (χ4n) is 1.42. The van der Waals surface area contributed by atoms with Gasteiger partial charge in [0.15, 0.2) is 0 Å². The minimum absolute atomic E-state index is 0.349. The molecule has 0 fully saturated rings. The highest BCUT2D eigenvalue weighted by molar-refractivity contribution is 7.82. The molecule has 0 saturated heterocycles. The molecule has 18 heavy (non-hydrogen) atoms. The molecule has 1 aromatic heterocycles. The lowest BCUT2D eigenvalue weighted by molar-refractivity contribution is 0.684. The Kier molecular flexibility index (Phi) is 3.90. The molecular weight excluding hydrogens is 272 g/mol. The van der Waals surface area contributed by atoms with Gasteiger partial charge in [-0.2, -0.15) is 0 Å². The zero-order valence-electron chi connectivity index (χ0n) is 9.55. The molecular formula is C11H11ClN4OS. The summed E-state index contributed by atoms with van der Waals surface area (Å²) >= 11 is 5.76. The van der Waals surface area contributed by atoms with Crippen LogP contribution in [0.1, 0.15) is 5.56 Å². The van der Waals surface area contributed by atoms with E-state index in [1.54, 1.807) is 18.3 Å². The van der Waals surface area contributed by atoms with Gasteiger partial charge in [0.1, 0.15) is 16.1 Å². The highest BCUT2D eigenvalue weighted by Crippen LogP contribution is 2.20. The lowest BCUT2D eigenvalue weighted by Gasteiger charge is -2.08. The van der Waals surface area contributed by atoms with Gasteiger partial charge in [-0.15, -0.1) is 0 Å². The number of nitrogens with two attached hydrogens (primary N) is 1. The van der Waals surface area contributed by atoms with Crippen LogP contribution in [0.4, 0.5) is 11.6 Å². The standard InChI is InChI=1S/C11H11ClN4OS/c1-7-2-3-8(6-9(7)18(13)17)15-11-14-5-4-10(12)16-11/h2-6H,13H2,1H3,(H,14,15,16). The summed E-state index contributed by atoms with van der Waals surface area (Å²) in [4.78, 5) is 8.59. The summed E-state index contributed by atoms with van der Waals surface area (Å²) in [6.45, 7) is 1.85. The summed E-state index contributed by atoms with van der Waals surface area (Å²) in [5, 5.41) is 8.71. The van der Waals surface area contributed by atoms with Crippen molar-refractivity contribution >= 4 is 34.2 Å². The summed E-state index contributed by atoms with van der Waals surface area (Å²) in [6, 6.07) is 6.95. The van der Waals surface area contributed by atoms with Crippen LogP contribution in [0.5, 0.6) is 0 Å². The van der Waals surface area contributed by atoms with Crippen molar-refractivity contribution in [3.63, 3.8) is 0 Å². The Balaban J connectivity index is 2.30. The Bertz CT molecular complexity index is 605. The largest absolute Gasteiger partial charge is 0.324 e. The number of hydrogen-bond acceptors (Lipinski definition) is 4. The summed E-state index contributed by atoms with van der Waals surface area (Å²) in [5.41, 5.74) is 1.57. The van der Waals surface area contributed by atoms with E-state index >= 15 is 0 Å². The molecule has 0 aliphatic heterocycles. The Morgan fingerprint density at radius 1 is 1.39 bits per heavy atom. The number of hydrogen-bond donors (Lipinski definition) is 2. The van der Waals surface area contributed by atoms with Crippen LogP contribution in [0.15, 0.2) is 35.4 Å². The van der Waals surface area contributed by atoms with Gasteiger partial charge in [-0.05, 0) is 30.7 Å². The van der Waals surface area contributed by atoms with Crippen molar-refractivity contribution in [3.8, 4) is 0 Å². The van der Waals surface area contributed by atoms with Crippen molar-refractivity contribution in [2.45, 2.75) is 11.8 Å². The maximum atomic E-state index is 11.3. The molecule has 1 atom stereocenters. The average molecular weight is 283 g/mol. The zero-order valence-corrected chi connectivity index (χ0v) is 11.1. The van der Waals surface area contributed by atoms with Crippen LogP contribution in [-0.2, 0) is 11.0 Å². The maximum Gasteiger partial charge on any atom is 0.228 e. The van der Waals surface area contributed by atoms with E-state index in [-0.39, 0.29) is 0 Å². The molecule has 0 aliphatic carbocycles. The first kappa shape index (κ1) is 12.9. The van der Waals surface area contributed by atoms with Gasteiger partial charge >= 0.3 is 0 Å². The Morgan fingerprint density at radius 3 is 2.83 bits per heavy atom. The molecule has 0 aliphatic rings. The van der Waals surface area contributed by atoms with Gasteiger partial charge in [-0.1, -0.05) is 17.7 Å². The second kappa shape index (κ2) is 5.43. The van der Waals surface area contributed by atoms with Gasteiger partial charge < -0.3 is 5.32 Å².